The molecule has 0 heterocycles. The second-order valence-electron chi connectivity index (χ2n) is 5.53. The summed E-state index contributed by atoms with van der Waals surface area (Å²) in [4.78, 5) is 24.4. The molecule has 0 aliphatic heterocycles. The number of Topliss-reactive ketones (excluding diaryl/α,β-unsaturated/α-hetero) is 1. The van der Waals surface area contributed by atoms with Crippen molar-refractivity contribution in [3.05, 3.63) is 76.3 Å². The number of carbonyl (C=O) groups is 2. The molecule has 0 unspecified atom stereocenters. The predicted molar refractivity (Wildman–Crippen MR) is 101 cm³/mol. The fourth-order valence-electron chi connectivity index (χ4n) is 2.22. The van der Waals surface area contributed by atoms with E-state index in [1.54, 1.807) is 24.3 Å². The first kappa shape index (κ1) is 20.1. The van der Waals surface area contributed by atoms with Gasteiger partial charge in [0.2, 0.25) is 5.78 Å². The number of ketones is 1. The predicted octanol–water partition coefficient (Wildman–Crippen LogP) is 3.53. The molecule has 0 bridgehead atoms. The smallest absolute Gasteiger partial charge is 0.344 e. The molecule has 140 valence electrons. The van der Waals surface area contributed by atoms with Gasteiger partial charge in [-0.15, -0.1) is 0 Å². The van der Waals surface area contributed by atoms with Crippen LogP contribution in [0.3, 0.4) is 0 Å². The number of anilines is 1. The minimum Gasteiger partial charge on any atom is -0.454 e. The number of ether oxygens (including phenoxy) is 1. The van der Waals surface area contributed by atoms with E-state index in [1.807, 2.05) is 0 Å². The summed E-state index contributed by atoms with van der Waals surface area (Å²) in [5.74, 6) is -2.13. The van der Waals surface area contributed by atoms with Crippen LogP contribution in [0.2, 0.25) is 5.02 Å². The van der Waals surface area contributed by atoms with Crippen LogP contribution in [0.15, 0.2) is 59.9 Å². The topological polar surface area (TPSA) is 105 Å². The lowest BCUT2D eigenvalue weighted by molar-refractivity contribution is -0.137. The maximum absolute atomic E-state index is 13.3. The molecule has 0 aliphatic carbocycles. The largest absolute Gasteiger partial charge is 0.454 e. The third-order valence-electron chi connectivity index (χ3n) is 3.46. The van der Waals surface area contributed by atoms with Crippen molar-refractivity contribution in [3.63, 3.8) is 0 Å². The van der Waals surface area contributed by atoms with Crippen LogP contribution in [0.25, 0.3) is 0 Å². The standard InChI is InChI=1S/C19H17ClFN3O3/c1-11(22)17(18(23)24-13-6-4-5-12(21)9-13)19(26)27-10-16(25)14-7-2-3-8-15(14)20/h2-9,22,24H,10,23H2,1H3/b18-17+,22-11?. The van der Waals surface area contributed by atoms with Gasteiger partial charge in [-0.05, 0) is 37.3 Å². The molecule has 8 heteroatoms. The monoisotopic (exact) mass is 389 g/mol. The Morgan fingerprint density at radius 1 is 1.22 bits per heavy atom. The van der Waals surface area contributed by atoms with E-state index in [1.165, 1.54) is 31.2 Å². The first-order valence-corrected chi connectivity index (χ1v) is 8.20. The van der Waals surface area contributed by atoms with E-state index in [0.717, 1.165) is 0 Å². The van der Waals surface area contributed by atoms with Crippen molar-refractivity contribution in [2.45, 2.75) is 6.92 Å². The van der Waals surface area contributed by atoms with Gasteiger partial charge in [0.1, 0.15) is 17.2 Å². The summed E-state index contributed by atoms with van der Waals surface area (Å²) in [6.45, 7) is 0.777. The number of rotatable bonds is 7. The van der Waals surface area contributed by atoms with Crippen molar-refractivity contribution in [2.75, 3.05) is 11.9 Å². The molecular formula is C19H17ClFN3O3. The molecular weight excluding hydrogens is 373 g/mol. The van der Waals surface area contributed by atoms with E-state index in [4.69, 9.17) is 27.5 Å². The molecule has 0 aromatic heterocycles. The van der Waals surface area contributed by atoms with Gasteiger partial charge in [0.05, 0.1) is 5.02 Å². The average molecular weight is 390 g/mol. The van der Waals surface area contributed by atoms with Crippen molar-refractivity contribution >= 4 is 34.8 Å². The van der Waals surface area contributed by atoms with Crippen molar-refractivity contribution in [3.8, 4) is 0 Å². The van der Waals surface area contributed by atoms with Gasteiger partial charge in [-0.2, -0.15) is 0 Å². The van der Waals surface area contributed by atoms with Gasteiger partial charge in [-0.3, -0.25) is 4.79 Å². The number of halogens is 2. The Bertz CT molecular complexity index is 928. The van der Waals surface area contributed by atoms with Crippen molar-refractivity contribution in [2.24, 2.45) is 5.73 Å². The second kappa shape index (κ2) is 8.95. The zero-order valence-electron chi connectivity index (χ0n) is 14.4. The van der Waals surface area contributed by atoms with Gasteiger partial charge in [-0.1, -0.05) is 29.8 Å². The lowest BCUT2D eigenvalue weighted by Crippen LogP contribution is -2.25. The molecule has 2 aromatic carbocycles. The van der Waals surface area contributed by atoms with E-state index in [0.29, 0.717) is 5.69 Å². The van der Waals surface area contributed by atoms with Crippen molar-refractivity contribution in [1.29, 1.82) is 5.41 Å². The van der Waals surface area contributed by atoms with Crippen LogP contribution in [0.4, 0.5) is 10.1 Å². The minimum absolute atomic E-state index is 0.174. The average Bonchev–Trinajstić information content (AvgIpc) is 2.59. The van der Waals surface area contributed by atoms with E-state index in [2.05, 4.69) is 5.32 Å². The third kappa shape index (κ3) is 5.39. The fourth-order valence-corrected chi connectivity index (χ4v) is 2.46. The molecule has 2 aromatic rings. The summed E-state index contributed by atoms with van der Waals surface area (Å²) in [5, 5.41) is 10.6. The molecule has 0 saturated heterocycles. The highest BCUT2D eigenvalue weighted by molar-refractivity contribution is 6.34. The molecule has 0 radical (unpaired) electrons. The van der Waals surface area contributed by atoms with Crippen LogP contribution in [0, 0.1) is 11.2 Å². The maximum Gasteiger partial charge on any atom is 0.344 e. The van der Waals surface area contributed by atoms with Crippen LogP contribution in [-0.2, 0) is 9.53 Å². The number of hydrogen-bond acceptors (Lipinski definition) is 6. The summed E-state index contributed by atoms with van der Waals surface area (Å²) >= 11 is 5.94. The Labute approximate surface area is 160 Å². The molecule has 2 rings (SSSR count). The highest BCUT2D eigenvalue weighted by Gasteiger charge is 2.20. The molecule has 0 spiro atoms. The highest BCUT2D eigenvalue weighted by atomic mass is 35.5. The van der Waals surface area contributed by atoms with Crippen LogP contribution in [0.1, 0.15) is 17.3 Å². The number of nitrogens with two attached hydrogens (primary N) is 1. The number of nitrogens with one attached hydrogen (secondary N) is 2. The van der Waals surface area contributed by atoms with Crippen LogP contribution in [0.5, 0.6) is 0 Å². The molecule has 0 atom stereocenters. The Balaban J connectivity index is 2.13. The van der Waals surface area contributed by atoms with Gasteiger partial charge in [-0.25, -0.2) is 9.18 Å². The fraction of sp³-hybridized carbons (Fsp3) is 0.105. The number of carbonyl (C=O) groups excluding carboxylic acids is 2. The Morgan fingerprint density at radius 3 is 2.56 bits per heavy atom. The molecule has 0 amide bonds. The number of hydrogen-bond donors (Lipinski definition) is 3. The van der Waals surface area contributed by atoms with Gasteiger partial charge < -0.3 is 21.2 Å². The van der Waals surface area contributed by atoms with Crippen molar-refractivity contribution < 1.29 is 18.7 Å². The van der Waals surface area contributed by atoms with Gasteiger partial charge in [0.25, 0.3) is 0 Å². The molecule has 0 fully saturated rings. The first-order chi connectivity index (χ1) is 12.8. The second-order valence-corrected chi connectivity index (χ2v) is 5.94. The lowest BCUT2D eigenvalue weighted by atomic mass is 10.1. The molecule has 27 heavy (non-hydrogen) atoms. The zero-order chi connectivity index (χ0) is 20.0. The first-order valence-electron chi connectivity index (χ1n) is 7.82. The maximum atomic E-state index is 13.3. The highest BCUT2D eigenvalue weighted by Crippen LogP contribution is 2.16. The number of benzene rings is 2. The minimum atomic E-state index is -0.954. The van der Waals surface area contributed by atoms with Gasteiger partial charge >= 0.3 is 5.97 Å². The Morgan fingerprint density at radius 2 is 1.93 bits per heavy atom. The van der Waals surface area contributed by atoms with Gasteiger partial charge in [0, 0.05) is 17.0 Å². The van der Waals surface area contributed by atoms with Crippen LogP contribution < -0.4 is 11.1 Å². The summed E-state index contributed by atoms with van der Waals surface area (Å²) in [7, 11) is 0. The van der Waals surface area contributed by atoms with E-state index < -0.39 is 24.2 Å². The SMILES string of the molecule is CC(=N)/C(C(=O)OCC(=O)c1ccccc1Cl)=C(/N)Nc1cccc(F)c1. The van der Waals surface area contributed by atoms with Crippen molar-refractivity contribution in [1.82, 2.24) is 0 Å². The van der Waals surface area contributed by atoms with E-state index >= 15 is 0 Å². The zero-order valence-corrected chi connectivity index (χ0v) is 15.1. The molecule has 0 aliphatic rings. The van der Waals surface area contributed by atoms with E-state index in [9.17, 15) is 14.0 Å². The number of esters is 1. The lowest BCUT2D eigenvalue weighted by Gasteiger charge is -2.13. The van der Waals surface area contributed by atoms with Gasteiger partial charge in [0.15, 0.2) is 6.61 Å². The Kier molecular flexibility index (Phi) is 6.67. The molecule has 4 N–H and O–H groups in total. The molecule has 0 saturated carbocycles. The molecule has 6 nitrogen and oxygen atoms in total. The quantitative estimate of drug-likeness (QED) is 0.291. The Hall–Kier alpha value is -3.19. The van der Waals surface area contributed by atoms with Crippen LogP contribution >= 0.6 is 11.6 Å². The normalized spacial score (nSPS) is 11.4. The third-order valence-corrected chi connectivity index (χ3v) is 3.79. The van der Waals surface area contributed by atoms with Crippen LogP contribution in [-0.4, -0.2) is 24.1 Å². The summed E-state index contributed by atoms with van der Waals surface area (Å²) in [6, 6.07) is 11.8. The summed E-state index contributed by atoms with van der Waals surface area (Å²) in [6.07, 6.45) is 0. The summed E-state index contributed by atoms with van der Waals surface area (Å²) < 4.78 is 18.2. The summed E-state index contributed by atoms with van der Waals surface area (Å²) in [5.41, 5.74) is 5.92. The van der Waals surface area contributed by atoms with E-state index in [-0.39, 0.29) is 27.7 Å².